The first-order valence-corrected chi connectivity index (χ1v) is 8.92. The van der Waals surface area contributed by atoms with Crippen LogP contribution in [0.25, 0.3) is 11.5 Å². The van der Waals surface area contributed by atoms with E-state index in [0.717, 1.165) is 38.1 Å². The van der Waals surface area contributed by atoms with Gasteiger partial charge in [0.1, 0.15) is 11.3 Å². The van der Waals surface area contributed by atoms with E-state index in [9.17, 15) is 22.8 Å². The van der Waals surface area contributed by atoms with E-state index in [1.54, 1.807) is 9.88 Å². The molecule has 0 unspecified atom stereocenters. The number of nitrogens with zero attached hydrogens (tertiary/aromatic N) is 3. The van der Waals surface area contributed by atoms with Crippen molar-refractivity contribution in [3.8, 4) is 11.5 Å². The van der Waals surface area contributed by atoms with Crippen molar-refractivity contribution < 1.29 is 22.4 Å². The lowest BCUT2D eigenvalue weighted by Gasteiger charge is -2.32. The van der Waals surface area contributed by atoms with E-state index in [2.05, 4.69) is 15.5 Å². The van der Waals surface area contributed by atoms with Crippen molar-refractivity contribution in [1.82, 2.24) is 20.1 Å². The summed E-state index contributed by atoms with van der Waals surface area (Å²) in [6.45, 7) is 1.42. The molecule has 3 heterocycles. The van der Waals surface area contributed by atoms with Crippen LogP contribution in [0.1, 0.15) is 31.4 Å². The summed E-state index contributed by atoms with van der Waals surface area (Å²) in [7, 11) is 0. The van der Waals surface area contributed by atoms with Crippen LogP contribution in [0.3, 0.4) is 0 Å². The van der Waals surface area contributed by atoms with E-state index >= 15 is 0 Å². The lowest BCUT2D eigenvalue weighted by molar-refractivity contribution is -0.141. The molecule has 1 spiro atoms. The molecule has 0 aromatic carbocycles. The number of piperidine rings is 1. The molecule has 1 saturated heterocycles. The van der Waals surface area contributed by atoms with Gasteiger partial charge in [-0.3, -0.25) is 9.59 Å². The highest BCUT2D eigenvalue weighted by molar-refractivity contribution is 5.80. The maximum atomic E-state index is 12.6. The third-order valence-corrected chi connectivity index (χ3v) is 5.40. The first kappa shape index (κ1) is 18.5. The second-order valence-corrected chi connectivity index (χ2v) is 7.26. The van der Waals surface area contributed by atoms with Gasteiger partial charge < -0.3 is 19.6 Å². The van der Waals surface area contributed by atoms with Crippen molar-refractivity contribution in [2.75, 3.05) is 25.0 Å². The molecule has 2 aliphatic rings. The van der Waals surface area contributed by atoms with Crippen molar-refractivity contribution in [1.29, 1.82) is 0 Å². The molecule has 150 valence electrons. The van der Waals surface area contributed by atoms with E-state index < -0.39 is 17.4 Å². The van der Waals surface area contributed by atoms with Crippen molar-refractivity contribution >= 4 is 11.9 Å². The van der Waals surface area contributed by atoms with Gasteiger partial charge in [-0.2, -0.15) is 13.2 Å². The number of carbonyl (C=O) groups excluding carboxylic acids is 1. The Morgan fingerprint density at radius 2 is 1.93 bits per heavy atom. The quantitative estimate of drug-likeness (QED) is 0.820. The van der Waals surface area contributed by atoms with Gasteiger partial charge in [-0.15, -0.1) is 5.10 Å². The van der Waals surface area contributed by atoms with Gasteiger partial charge in [0.15, 0.2) is 0 Å². The Labute approximate surface area is 157 Å². The molecule has 28 heavy (non-hydrogen) atoms. The summed E-state index contributed by atoms with van der Waals surface area (Å²) >= 11 is 0. The maximum Gasteiger partial charge on any atom is 0.431 e. The topological polar surface area (TPSA) is 104 Å². The van der Waals surface area contributed by atoms with Crippen LogP contribution in [0.4, 0.5) is 19.2 Å². The van der Waals surface area contributed by atoms with E-state index in [-0.39, 0.29) is 29.9 Å². The fraction of sp³-hybridized carbons (Fsp3) is 0.529. The zero-order valence-corrected chi connectivity index (χ0v) is 14.8. The van der Waals surface area contributed by atoms with Gasteiger partial charge in [0, 0.05) is 13.1 Å². The van der Waals surface area contributed by atoms with Crippen LogP contribution in [0.5, 0.6) is 0 Å². The van der Waals surface area contributed by atoms with Gasteiger partial charge in [-0.25, -0.2) is 0 Å². The van der Waals surface area contributed by atoms with Gasteiger partial charge in [0.05, 0.1) is 6.54 Å². The first-order valence-electron chi connectivity index (χ1n) is 8.92. The number of rotatable bonds is 4. The number of amides is 1. The predicted octanol–water partition coefficient (Wildman–Crippen LogP) is 2.26. The summed E-state index contributed by atoms with van der Waals surface area (Å²) in [4.78, 5) is 27.7. The Hall–Kier alpha value is -2.85. The standard InChI is InChI=1S/C17H18F3N5O3/c18-17(19,20)11-2-1-10(13(27)22-11)14-23-24-15(28-14)21-9-12(26)25-7-5-16(3-4-16)6-8-25/h1-2H,3-9H2,(H,21,24)(H,22,27). The molecular weight excluding hydrogens is 379 g/mol. The molecule has 1 aliphatic heterocycles. The largest absolute Gasteiger partial charge is 0.431 e. The monoisotopic (exact) mass is 397 g/mol. The maximum absolute atomic E-state index is 12.6. The second kappa shape index (κ2) is 6.64. The Morgan fingerprint density at radius 3 is 2.54 bits per heavy atom. The molecule has 2 fully saturated rings. The highest BCUT2D eigenvalue weighted by Gasteiger charge is 2.45. The average molecular weight is 397 g/mol. The fourth-order valence-electron chi connectivity index (χ4n) is 3.38. The molecule has 0 bridgehead atoms. The summed E-state index contributed by atoms with van der Waals surface area (Å²) in [5.74, 6) is -0.332. The lowest BCUT2D eigenvalue weighted by Crippen LogP contribution is -2.41. The minimum Gasteiger partial charge on any atom is -0.403 e. The van der Waals surface area contributed by atoms with Crippen molar-refractivity contribution in [2.45, 2.75) is 31.9 Å². The zero-order chi connectivity index (χ0) is 19.9. The number of H-pyrrole nitrogens is 1. The number of hydrogen-bond donors (Lipinski definition) is 2. The number of hydrogen-bond acceptors (Lipinski definition) is 6. The van der Waals surface area contributed by atoms with Crippen LogP contribution in [0.2, 0.25) is 0 Å². The molecule has 0 atom stereocenters. The summed E-state index contributed by atoms with van der Waals surface area (Å²) in [6, 6.07) is 1.60. The minimum absolute atomic E-state index is 0.0436. The van der Waals surface area contributed by atoms with Crippen LogP contribution in [-0.4, -0.2) is 45.6 Å². The van der Waals surface area contributed by atoms with Crippen LogP contribution in [-0.2, 0) is 11.0 Å². The lowest BCUT2D eigenvalue weighted by atomic mass is 9.94. The van der Waals surface area contributed by atoms with Gasteiger partial charge in [0.2, 0.25) is 5.91 Å². The molecule has 4 rings (SSSR count). The molecule has 2 N–H and O–H groups in total. The fourth-order valence-corrected chi connectivity index (χ4v) is 3.38. The van der Waals surface area contributed by atoms with Crippen molar-refractivity contribution in [2.24, 2.45) is 5.41 Å². The number of pyridine rings is 1. The molecule has 11 heteroatoms. The Morgan fingerprint density at radius 1 is 1.21 bits per heavy atom. The Kier molecular flexibility index (Phi) is 4.39. The Balaban J connectivity index is 1.37. The number of alkyl halides is 3. The molecule has 2 aromatic rings. The number of anilines is 1. The molecule has 0 radical (unpaired) electrons. The predicted molar refractivity (Wildman–Crippen MR) is 91.3 cm³/mol. The number of halogens is 3. The van der Waals surface area contributed by atoms with Crippen molar-refractivity contribution in [3.05, 3.63) is 28.2 Å². The summed E-state index contributed by atoms with van der Waals surface area (Å²) in [6.07, 6.45) is -0.101. The van der Waals surface area contributed by atoms with Crippen LogP contribution in [0.15, 0.2) is 21.3 Å². The van der Waals surface area contributed by atoms with Gasteiger partial charge in [-0.1, -0.05) is 5.10 Å². The van der Waals surface area contributed by atoms with Gasteiger partial charge in [0.25, 0.3) is 11.4 Å². The normalized spacial score (nSPS) is 18.3. The van der Waals surface area contributed by atoms with E-state index in [1.165, 1.54) is 12.8 Å². The molecule has 1 saturated carbocycles. The van der Waals surface area contributed by atoms with E-state index in [1.807, 2.05) is 0 Å². The molecule has 1 amide bonds. The van der Waals surface area contributed by atoms with Gasteiger partial charge in [-0.05, 0) is 43.2 Å². The highest BCUT2D eigenvalue weighted by Crippen LogP contribution is 2.53. The number of carbonyl (C=O) groups is 1. The molecule has 8 nitrogen and oxygen atoms in total. The Bertz CT molecular complexity index is 938. The van der Waals surface area contributed by atoms with E-state index in [0.29, 0.717) is 5.41 Å². The zero-order valence-electron chi connectivity index (χ0n) is 14.8. The third kappa shape index (κ3) is 3.73. The van der Waals surface area contributed by atoms with E-state index in [4.69, 9.17) is 4.42 Å². The van der Waals surface area contributed by atoms with Gasteiger partial charge >= 0.3 is 12.2 Å². The third-order valence-electron chi connectivity index (χ3n) is 5.40. The molecule has 1 aliphatic carbocycles. The summed E-state index contributed by atoms with van der Waals surface area (Å²) in [5.41, 5.74) is -1.88. The first-order chi connectivity index (χ1) is 13.3. The smallest absolute Gasteiger partial charge is 0.403 e. The number of likely N-dealkylation sites (tertiary alicyclic amines) is 1. The number of nitrogens with one attached hydrogen (secondary N) is 2. The SMILES string of the molecule is O=C(CNc1nnc(-c2ccc(C(F)(F)F)[nH]c2=O)o1)N1CCC2(CC1)CC2. The van der Waals surface area contributed by atoms with Crippen molar-refractivity contribution in [3.63, 3.8) is 0 Å². The highest BCUT2D eigenvalue weighted by atomic mass is 19.4. The molecular formula is C17H18F3N5O3. The second-order valence-electron chi connectivity index (χ2n) is 7.26. The minimum atomic E-state index is -4.66. The number of aromatic amines is 1. The van der Waals surface area contributed by atoms with Crippen LogP contribution < -0.4 is 10.9 Å². The van der Waals surface area contributed by atoms with Crippen LogP contribution in [0, 0.1) is 5.41 Å². The van der Waals surface area contributed by atoms with Crippen LogP contribution >= 0.6 is 0 Å². The summed E-state index contributed by atoms with van der Waals surface area (Å²) in [5, 5.41) is 10.0. The molecule has 2 aromatic heterocycles. The average Bonchev–Trinajstić information content (AvgIpc) is 3.23. The number of aromatic nitrogens is 3. The summed E-state index contributed by atoms with van der Waals surface area (Å²) < 4.78 is 43.1.